The van der Waals surface area contributed by atoms with Gasteiger partial charge in [-0.1, -0.05) is 51.0 Å². The Balaban J connectivity index is 1.69. The highest BCUT2D eigenvalue weighted by molar-refractivity contribution is 5.34. The zero-order valence-electron chi connectivity index (χ0n) is 15.6. The van der Waals surface area contributed by atoms with Crippen molar-refractivity contribution in [2.75, 3.05) is 0 Å². The fourth-order valence-corrected chi connectivity index (χ4v) is 6.97. The Labute approximate surface area is 143 Å². The molecule has 0 aromatic heterocycles. The SMILES string of the molecule is CCC1CCC2C3CCc4ccc(C)cc4CC3(C)CCC12C. The van der Waals surface area contributed by atoms with E-state index in [0.717, 1.165) is 17.8 Å². The van der Waals surface area contributed by atoms with E-state index < -0.39 is 0 Å². The molecule has 23 heavy (non-hydrogen) atoms. The first-order valence-electron chi connectivity index (χ1n) is 10.0. The summed E-state index contributed by atoms with van der Waals surface area (Å²) in [6.45, 7) is 9.97. The van der Waals surface area contributed by atoms with Gasteiger partial charge < -0.3 is 0 Å². The second-order valence-corrected chi connectivity index (χ2v) is 9.54. The Kier molecular flexibility index (Phi) is 3.67. The van der Waals surface area contributed by atoms with Crippen molar-refractivity contribution in [3.63, 3.8) is 0 Å². The molecule has 126 valence electrons. The normalized spacial score (nSPS) is 42.5. The molecule has 5 unspecified atom stereocenters. The molecule has 0 bridgehead atoms. The van der Waals surface area contributed by atoms with Crippen LogP contribution in [0.2, 0.25) is 0 Å². The van der Waals surface area contributed by atoms with E-state index in [9.17, 15) is 0 Å². The monoisotopic (exact) mass is 310 g/mol. The molecule has 0 radical (unpaired) electrons. The molecule has 1 aromatic rings. The van der Waals surface area contributed by atoms with Gasteiger partial charge in [-0.25, -0.2) is 0 Å². The zero-order valence-corrected chi connectivity index (χ0v) is 15.6. The van der Waals surface area contributed by atoms with Gasteiger partial charge in [0.1, 0.15) is 0 Å². The van der Waals surface area contributed by atoms with E-state index in [2.05, 4.69) is 45.9 Å². The molecule has 0 saturated heterocycles. The van der Waals surface area contributed by atoms with Crippen molar-refractivity contribution in [1.29, 1.82) is 0 Å². The van der Waals surface area contributed by atoms with Gasteiger partial charge >= 0.3 is 0 Å². The van der Waals surface area contributed by atoms with Gasteiger partial charge in [0.2, 0.25) is 0 Å². The molecule has 0 heterocycles. The van der Waals surface area contributed by atoms with E-state index in [4.69, 9.17) is 0 Å². The first-order valence-corrected chi connectivity index (χ1v) is 10.0. The van der Waals surface area contributed by atoms with E-state index >= 15 is 0 Å². The van der Waals surface area contributed by atoms with E-state index in [0.29, 0.717) is 10.8 Å². The van der Waals surface area contributed by atoms with Crippen molar-refractivity contribution >= 4 is 0 Å². The standard InChI is InChI=1S/C23H34/c1-5-19-9-11-21-20-10-8-17-7-6-16(2)14-18(17)15-22(20,3)12-13-23(19,21)4/h6-7,14,19-21H,5,8-13,15H2,1-4H3. The van der Waals surface area contributed by atoms with Crippen molar-refractivity contribution in [3.05, 3.63) is 34.9 Å². The Hall–Kier alpha value is -0.780. The minimum atomic E-state index is 0.547. The van der Waals surface area contributed by atoms with Crippen molar-refractivity contribution in [2.24, 2.45) is 28.6 Å². The van der Waals surface area contributed by atoms with Crippen molar-refractivity contribution in [3.8, 4) is 0 Å². The number of hydrogen-bond acceptors (Lipinski definition) is 0. The van der Waals surface area contributed by atoms with Crippen molar-refractivity contribution in [2.45, 2.75) is 79.1 Å². The number of rotatable bonds is 1. The second-order valence-electron chi connectivity index (χ2n) is 9.54. The largest absolute Gasteiger partial charge is 0.0651 e. The van der Waals surface area contributed by atoms with E-state index in [1.807, 2.05) is 0 Å². The fraction of sp³-hybridized carbons (Fsp3) is 0.739. The minimum absolute atomic E-state index is 0.547. The van der Waals surface area contributed by atoms with Crippen LogP contribution in [0.1, 0.15) is 76.0 Å². The summed E-state index contributed by atoms with van der Waals surface area (Å²) in [6.07, 6.45) is 11.4. The van der Waals surface area contributed by atoms with Crippen LogP contribution in [0.15, 0.2) is 18.2 Å². The molecule has 0 heteroatoms. The van der Waals surface area contributed by atoms with Gasteiger partial charge in [-0.2, -0.15) is 0 Å². The number of fused-ring (bicyclic) bond motifs is 4. The van der Waals surface area contributed by atoms with Gasteiger partial charge in [-0.3, -0.25) is 0 Å². The smallest absolute Gasteiger partial charge is 0.0219 e. The maximum Gasteiger partial charge on any atom is -0.0219 e. The molecular formula is C23H34. The van der Waals surface area contributed by atoms with Crippen molar-refractivity contribution < 1.29 is 0 Å². The lowest BCUT2D eigenvalue weighted by molar-refractivity contribution is -0.0409. The lowest BCUT2D eigenvalue weighted by Gasteiger charge is -2.54. The van der Waals surface area contributed by atoms with Crippen LogP contribution in [-0.4, -0.2) is 0 Å². The highest BCUT2D eigenvalue weighted by atomic mass is 14.6. The first-order chi connectivity index (χ1) is 11.0. The molecule has 3 aliphatic carbocycles. The van der Waals surface area contributed by atoms with Crippen LogP contribution >= 0.6 is 0 Å². The molecule has 1 aromatic carbocycles. The molecule has 4 rings (SSSR count). The molecule has 0 nitrogen and oxygen atoms in total. The molecule has 0 spiro atoms. The predicted molar refractivity (Wildman–Crippen MR) is 98.6 cm³/mol. The highest BCUT2D eigenvalue weighted by Crippen LogP contribution is 2.64. The second kappa shape index (κ2) is 5.36. The average molecular weight is 311 g/mol. The van der Waals surface area contributed by atoms with E-state index in [-0.39, 0.29) is 0 Å². The maximum atomic E-state index is 2.65. The van der Waals surface area contributed by atoms with Gasteiger partial charge in [0.25, 0.3) is 0 Å². The average Bonchev–Trinajstić information content (AvgIpc) is 2.77. The summed E-state index contributed by atoms with van der Waals surface area (Å²) < 4.78 is 0. The Morgan fingerprint density at radius 2 is 1.83 bits per heavy atom. The van der Waals surface area contributed by atoms with Crippen LogP contribution in [0, 0.1) is 35.5 Å². The van der Waals surface area contributed by atoms with Gasteiger partial charge in [-0.05, 0) is 91.6 Å². The van der Waals surface area contributed by atoms with Crippen LogP contribution in [0.5, 0.6) is 0 Å². The summed E-state index contributed by atoms with van der Waals surface area (Å²) in [7, 11) is 0. The summed E-state index contributed by atoms with van der Waals surface area (Å²) in [6, 6.07) is 7.23. The van der Waals surface area contributed by atoms with Crippen LogP contribution in [-0.2, 0) is 12.8 Å². The van der Waals surface area contributed by atoms with Gasteiger partial charge in [0.05, 0.1) is 0 Å². The third-order valence-corrected chi connectivity index (χ3v) is 8.40. The number of aryl methyl sites for hydroxylation is 2. The van der Waals surface area contributed by atoms with Crippen LogP contribution < -0.4 is 0 Å². The van der Waals surface area contributed by atoms with Gasteiger partial charge in [-0.15, -0.1) is 0 Å². The molecule has 5 atom stereocenters. The lowest BCUT2D eigenvalue weighted by atomic mass is 9.51. The highest BCUT2D eigenvalue weighted by Gasteiger charge is 2.56. The molecule has 3 aliphatic rings. The Morgan fingerprint density at radius 1 is 1.00 bits per heavy atom. The van der Waals surface area contributed by atoms with Crippen LogP contribution in [0.4, 0.5) is 0 Å². The minimum Gasteiger partial charge on any atom is -0.0651 e. The molecule has 0 N–H and O–H groups in total. The molecule has 0 aliphatic heterocycles. The van der Waals surface area contributed by atoms with E-state index in [1.165, 1.54) is 56.9 Å². The summed E-state index contributed by atoms with van der Waals surface area (Å²) in [4.78, 5) is 0. The lowest BCUT2D eigenvalue weighted by Crippen LogP contribution is -2.46. The Bertz CT molecular complexity index is 600. The quantitative estimate of drug-likeness (QED) is 0.567. The zero-order chi connectivity index (χ0) is 16.2. The summed E-state index contributed by atoms with van der Waals surface area (Å²) in [5.41, 5.74) is 5.96. The summed E-state index contributed by atoms with van der Waals surface area (Å²) >= 11 is 0. The maximum absolute atomic E-state index is 2.65. The predicted octanol–water partition coefficient (Wildman–Crippen LogP) is 6.34. The summed E-state index contributed by atoms with van der Waals surface area (Å²) in [5.74, 6) is 2.93. The fourth-order valence-electron chi connectivity index (χ4n) is 6.97. The van der Waals surface area contributed by atoms with E-state index in [1.54, 1.807) is 11.1 Å². The van der Waals surface area contributed by atoms with Crippen LogP contribution in [0.25, 0.3) is 0 Å². The molecule has 2 fully saturated rings. The first kappa shape index (κ1) is 15.7. The number of hydrogen-bond donors (Lipinski definition) is 0. The van der Waals surface area contributed by atoms with Gasteiger partial charge in [0.15, 0.2) is 0 Å². The summed E-state index contributed by atoms with van der Waals surface area (Å²) in [5, 5.41) is 0. The third-order valence-electron chi connectivity index (χ3n) is 8.40. The molecule has 2 saturated carbocycles. The third kappa shape index (κ3) is 2.31. The number of benzene rings is 1. The topological polar surface area (TPSA) is 0 Å². The Morgan fingerprint density at radius 3 is 2.61 bits per heavy atom. The van der Waals surface area contributed by atoms with Crippen LogP contribution in [0.3, 0.4) is 0 Å². The van der Waals surface area contributed by atoms with Gasteiger partial charge in [0, 0.05) is 0 Å². The molecular weight excluding hydrogens is 276 g/mol. The molecule has 0 amide bonds. The van der Waals surface area contributed by atoms with Crippen molar-refractivity contribution in [1.82, 2.24) is 0 Å².